The molecular formula is C9H12N6OS. The first-order valence-corrected chi connectivity index (χ1v) is 5.83. The van der Waals surface area contributed by atoms with Gasteiger partial charge in [0.15, 0.2) is 5.16 Å². The Kier molecular flexibility index (Phi) is 3.14. The number of hydrogen-bond donors (Lipinski definition) is 2. The molecule has 0 saturated carbocycles. The molecule has 0 aliphatic carbocycles. The summed E-state index contributed by atoms with van der Waals surface area (Å²) >= 11 is 1.27. The van der Waals surface area contributed by atoms with E-state index in [2.05, 4.69) is 20.2 Å². The third-order valence-electron chi connectivity index (χ3n) is 2.03. The Bertz CT molecular complexity index is 575. The molecule has 2 aromatic heterocycles. The molecule has 0 aromatic carbocycles. The van der Waals surface area contributed by atoms with Crippen LogP contribution < -0.4 is 11.4 Å². The van der Waals surface area contributed by atoms with E-state index in [-0.39, 0.29) is 17.7 Å². The number of anilines is 1. The topological polar surface area (TPSA) is 102 Å². The predicted octanol–water partition coefficient (Wildman–Crippen LogP) is 0.676. The number of nitrogen functional groups attached to an aromatic ring is 1. The summed E-state index contributed by atoms with van der Waals surface area (Å²) in [6.45, 7) is 3.82. The number of nitrogens with two attached hydrogens (primary N) is 1. The van der Waals surface area contributed by atoms with E-state index >= 15 is 0 Å². The van der Waals surface area contributed by atoms with Gasteiger partial charge in [-0.2, -0.15) is 0 Å². The van der Waals surface area contributed by atoms with Crippen molar-refractivity contribution in [3.63, 3.8) is 0 Å². The van der Waals surface area contributed by atoms with Gasteiger partial charge in [0, 0.05) is 12.2 Å². The van der Waals surface area contributed by atoms with Crippen molar-refractivity contribution in [3.8, 4) is 0 Å². The minimum absolute atomic E-state index is 0.0305. The SMILES string of the molecule is CC(C)n1c(Sc2ccnc(N)n2)n[nH]c1=O. The maximum Gasteiger partial charge on any atom is 0.344 e. The van der Waals surface area contributed by atoms with Crippen LogP contribution in [0.5, 0.6) is 0 Å². The summed E-state index contributed by atoms with van der Waals surface area (Å²) in [5.41, 5.74) is 5.25. The van der Waals surface area contributed by atoms with Gasteiger partial charge in [0.05, 0.1) is 0 Å². The van der Waals surface area contributed by atoms with Crippen LogP contribution in [-0.2, 0) is 0 Å². The second kappa shape index (κ2) is 4.58. The largest absolute Gasteiger partial charge is 0.368 e. The molecule has 0 saturated heterocycles. The fourth-order valence-electron chi connectivity index (χ4n) is 1.32. The summed E-state index contributed by atoms with van der Waals surface area (Å²) in [6.07, 6.45) is 1.56. The standard InChI is InChI=1S/C9H12N6OS/c1-5(2)15-8(16)13-14-9(15)17-6-3-4-11-7(10)12-6/h3-5H,1-2H3,(H,13,16)(H2,10,11,12). The minimum Gasteiger partial charge on any atom is -0.368 e. The quantitative estimate of drug-likeness (QED) is 0.778. The van der Waals surface area contributed by atoms with Crippen LogP contribution in [0, 0.1) is 0 Å². The maximum absolute atomic E-state index is 11.5. The molecule has 2 heterocycles. The lowest BCUT2D eigenvalue weighted by molar-refractivity contribution is 0.534. The van der Waals surface area contributed by atoms with Gasteiger partial charge in [-0.25, -0.2) is 19.9 Å². The number of aromatic amines is 1. The third kappa shape index (κ3) is 2.47. The fraction of sp³-hybridized carbons (Fsp3) is 0.333. The first-order valence-electron chi connectivity index (χ1n) is 5.01. The minimum atomic E-state index is -0.232. The Morgan fingerprint density at radius 3 is 2.94 bits per heavy atom. The van der Waals surface area contributed by atoms with Crippen molar-refractivity contribution in [2.45, 2.75) is 30.1 Å². The molecule has 2 aromatic rings. The van der Waals surface area contributed by atoms with Gasteiger partial charge in [-0.3, -0.25) is 4.57 Å². The normalized spacial score (nSPS) is 11.0. The van der Waals surface area contributed by atoms with E-state index in [1.807, 2.05) is 13.8 Å². The van der Waals surface area contributed by atoms with Gasteiger partial charge in [0.1, 0.15) is 5.03 Å². The predicted molar refractivity (Wildman–Crippen MR) is 63.8 cm³/mol. The van der Waals surface area contributed by atoms with Gasteiger partial charge in [0.25, 0.3) is 0 Å². The fourth-order valence-corrected chi connectivity index (χ4v) is 2.26. The molecule has 0 bridgehead atoms. The number of nitrogens with one attached hydrogen (secondary N) is 1. The Morgan fingerprint density at radius 2 is 2.29 bits per heavy atom. The Balaban J connectivity index is 2.34. The summed E-state index contributed by atoms with van der Waals surface area (Å²) in [5, 5.41) is 7.57. The van der Waals surface area contributed by atoms with E-state index < -0.39 is 0 Å². The molecule has 0 atom stereocenters. The number of nitrogens with zero attached hydrogens (tertiary/aromatic N) is 4. The lowest BCUT2D eigenvalue weighted by Gasteiger charge is -2.07. The van der Waals surface area contributed by atoms with E-state index in [0.29, 0.717) is 10.2 Å². The maximum atomic E-state index is 11.5. The smallest absolute Gasteiger partial charge is 0.344 e. The molecule has 0 aliphatic rings. The molecule has 2 rings (SSSR count). The van der Waals surface area contributed by atoms with Gasteiger partial charge in [0.2, 0.25) is 5.95 Å². The number of aromatic nitrogens is 5. The van der Waals surface area contributed by atoms with E-state index in [0.717, 1.165) is 0 Å². The highest BCUT2D eigenvalue weighted by atomic mass is 32.2. The van der Waals surface area contributed by atoms with Crippen LogP contribution in [0.1, 0.15) is 19.9 Å². The van der Waals surface area contributed by atoms with Crippen LogP contribution in [0.15, 0.2) is 27.2 Å². The number of H-pyrrole nitrogens is 1. The van der Waals surface area contributed by atoms with Crippen LogP contribution in [0.3, 0.4) is 0 Å². The molecular weight excluding hydrogens is 240 g/mol. The van der Waals surface area contributed by atoms with E-state index in [1.54, 1.807) is 16.8 Å². The van der Waals surface area contributed by atoms with Crippen molar-refractivity contribution < 1.29 is 0 Å². The summed E-state index contributed by atoms with van der Waals surface area (Å²) in [4.78, 5) is 19.4. The van der Waals surface area contributed by atoms with Crippen LogP contribution in [0.25, 0.3) is 0 Å². The molecule has 0 amide bonds. The number of hydrogen-bond acceptors (Lipinski definition) is 6. The highest BCUT2D eigenvalue weighted by Gasteiger charge is 2.13. The molecule has 0 radical (unpaired) electrons. The zero-order valence-electron chi connectivity index (χ0n) is 9.41. The second-order valence-corrected chi connectivity index (χ2v) is 4.62. The summed E-state index contributed by atoms with van der Waals surface area (Å²) in [5.74, 6) is 0.198. The van der Waals surface area contributed by atoms with Gasteiger partial charge in [-0.05, 0) is 31.7 Å². The van der Waals surface area contributed by atoms with Gasteiger partial charge in [-0.1, -0.05) is 0 Å². The first kappa shape index (κ1) is 11.6. The Hall–Kier alpha value is -1.83. The molecule has 0 fully saturated rings. The third-order valence-corrected chi connectivity index (χ3v) is 2.94. The second-order valence-electron chi connectivity index (χ2n) is 3.63. The summed E-state index contributed by atoms with van der Waals surface area (Å²) in [6, 6.07) is 1.74. The van der Waals surface area contributed by atoms with Crippen molar-refractivity contribution in [1.29, 1.82) is 0 Å². The van der Waals surface area contributed by atoms with Crippen molar-refractivity contribution in [1.82, 2.24) is 24.7 Å². The molecule has 0 spiro atoms. The van der Waals surface area contributed by atoms with Gasteiger partial charge < -0.3 is 5.73 Å². The van der Waals surface area contributed by atoms with Crippen LogP contribution in [0.4, 0.5) is 5.95 Å². The molecule has 8 heteroatoms. The lowest BCUT2D eigenvalue weighted by atomic mass is 10.4. The van der Waals surface area contributed by atoms with Crippen LogP contribution in [0.2, 0.25) is 0 Å². The van der Waals surface area contributed by atoms with Gasteiger partial charge in [-0.15, -0.1) is 5.10 Å². The van der Waals surface area contributed by atoms with Crippen molar-refractivity contribution >= 4 is 17.7 Å². The number of rotatable bonds is 3. The Morgan fingerprint density at radius 1 is 1.53 bits per heavy atom. The van der Waals surface area contributed by atoms with Crippen LogP contribution in [-0.4, -0.2) is 24.7 Å². The average Bonchev–Trinajstić information content (AvgIpc) is 2.59. The molecule has 0 unspecified atom stereocenters. The van der Waals surface area contributed by atoms with E-state index in [1.165, 1.54) is 11.8 Å². The van der Waals surface area contributed by atoms with Crippen molar-refractivity contribution in [2.24, 2.45) is 0 Å². The highest BCUT2D eigenvalue weighted by Crippen LogP contribution is 2.24. The zero-order valence-corrected chi connectivity index (χ0v) is 10.2. The average molecular weight is 252 g/mol. The molecule has 0 aliphatic heterocycles. The molecule has 3 N–H and O–H groups in total. The highest BCUT2D eigenvalue weighted by molar-refractivity contribution is 7.99. The van der Waals surface area contributed by atoms with Crippen LogP contribution >= 0.6 is 11.8 Å². The molecule has 17 heavy (non-hydrogen) atoms. The van der Waals surface area contributed by atoms with E-state index in [9.17, 15) is 4.79 Å². The summed E-state index contributed by atoms with van der Waals surface area (Å²) < 4.78 is 1.56. The Labute approximate surface area is 101 Å². The summed E-state index contributed by atoms with van der Waals surface area (Å²) in [7, 11) is 0. The monoisotopic (exact) mass is 252 g/mol. The lowest BCUT2D eigenvalue weighted by Crippen LogP contribution is -2.19. The first-order chi connectivity index (χ1) is 8.08. The van der Waals surface area contributed by atoms with Crippen molar-refractivity contribution in [3.05, 3.63) is 22.7 Å². The molecule has 90 valence electrons. The van der Waals surface area contributed by atoms with E-state index in [4.69, 9.17) is 5.73 Å². The zero-order chi connectivity index (χ0) is 12.4. The van der Waals surface area contributed by atoms with Gasteiger partial charge >= 0.3 is 5.69 Å². The molecule has 7 nitrogen and oxygen atoms in total. The van der Waals surface area contributed by atoms with Crippen molar-refractivity contribution in [2.75, 3.05) is 5.73 Å².